The second kappa shape index (κ2) is 9.60. The van der Waals surface area contributed by atoms with Gasteiger partial charge in [0.25, 0.3) is 11.1 Å². The molecule has 0 aliphatic carbocycles. The second-order valence-corrected chi connectivity index (χ2v) is 9.03. The number of hydrogen-bond acceptors (Lipinski definition) is 4. The van der Waals surface area contributed by atoms with Crippen molar-refractivity contribution in [2.45, 2.75) is 6.54 Å². The van der Waals surface area contributed by atoms with Gasteiger partial charge < -0.3 is 9.88 Å². The summed E-state index contributed by atoms with van der Waals surface area (Å²) >= 11 is 0.816. The van der Waals surface area contributed by atoms with E-state index in [9.17, 15) is 18.8 Å². The Kier molecular flexibility index (Phi) is 6.20. The molecule has 0 spiro atoms. The molecule has 174 valence electrons. The van der Waals surface area contributed by atoms with Crippen LogP contribution in [0.4, 0.5) is 14.9 Å². The molecule has 3 amide bonds. The maximum atomic E-state index is 13.3. The number of thioether (sulfide) groups is 1. The highest BCUT2D eigenvalue weighted by Crippen LogP contribution is 2.34. The van der Waals surface area contributed by atoms with E-state index < -0.39 is 17.1 Å². The molecule has 1 aliphatic heterocycles. The SMILES string of the molecule is O=C(CN1C(=O)S/C(=C\c2cn(Cc3ccc(F)cc3)c3ccccc23)C1=O)Nc1ccccc1. The molecule has 3 aromatic carbocycles. The fourth-order valence-corrected chi connectivity index (χ4v) is 4.78. The highest BCUT2D eigenvalue weighted by Gasteiger charge is 2.36. The van der Waals surface area contributed by atoms with Crippen molar-refractivity contribution >= 4 is 51.5 Å². The number of imide groups is 1. The van der Waals surface area contributed by atoms with Gasteiger partial charge in [0.05, 0.1) is 4.91 Å². The molecule has 8 heteroatoms. The lowest BCUT2D eigenvalue weighted by Crippen LogP contribution is -2.36. The first kappa shape index (κ1) is 22.6. The zero-order valence-corrected chi connectivity index (χ0v) is 19.3. The number of benzene rings is 3. The number of para-hydroxylation sites is 2. The highest BCUT2D eigenvalue weighted by atomic mass is 32.2. The Hall–Kier alpha value is -4.17. The van der Waals surface area contributed by atoms with E-state index in [1.807, 2.05) is 41.1 Å². The number of anilines is 1. The number of carbonyl (C=O) groups is 3. The molecule has 1 aromatic heterocycles. The summed E-state index contributed by atoms with van der Waals surface area (Å²) in [6.45, 7) is 0.166. The largest absolute Gasteiger partial charge is 0.342 e. The molecule has 1 fully saturated rings. The number of fused-ring (bicyclic) bond motifs is 1. The normalized spacial score (nSPS) is 14.8. The molecule has 2 heterocycles. The average Bonchev–Trinajstić information content (AvgIpc) is 3.33. The van der Waals surface area contributed by atoms with Gasteiger partial charge in [-0.3, -0.25) is 19.3 Å². The zero-order valence-electron chi connectivity index (χ0n) is 18.5. The molecular weight excluding hydrogens is 465 g/mol. The lowest BCUT2D eigenvalue weighted by Gasteiger charge is -2.12. The van der Waals surface area contributed by atoms with Crippen molar-refractivity contribution in [1.29, 1.82) is 0 Å². The van der Waals surface area contributed by atoms with Gasteiger partial charge in [-0.05, 0) is 53.7 Å². The van der Waals surface area contributed by atoms with E-state index in [1.165, 1.54) is 12.1 Å². The number of rotatable bonds is 6. The molecule has 0 saturated carbocycles. The fraction of sp³-hybridized carbons (Fsp3) is 0.0741. The number of carbonyl (C=O) groups excluding carboxylic acids is 3. The lowest BCUT2D eigenvalue weighted by molar-refractivity contribution is -0.127. The molecule has 0 radical (unpaired) electrons. The third kappa shape index (κ3) is 4.88. The van der Waals surface area contributed by atoms with Crippen LogP contribution in [0.15, 0.2) is 90.0 Å². The Morgan fingerprint density at radius 2 is 1.66 bits per heavy atom. The van der Waals surface area contributed by atoms with Gasteiger partial charge in [0.1, 0.15) is 12.4 Å². The summed E-state index contributed by atoms with van der Waals surface area (Å²) in [7, 11) is 0. The molecule has 1 N–H and O–H groups in total. The topological polar surface area (TPSA) is 71.4 Å². The summed E-state index contributed by atoms with van der Waals surface area (Å²) in [6.07, 6.45) is 3.59. The lowest BCUT2D eigenvalue weighted by atomic mass is 10.1. The van der Waals surface area contributed by atoms with Crippen molar-refractivity contribution in [3.05, 3.63) is 107 Å². The van der Waals surface area contributed by atoms with Crippen LogP contribution >= 0.6 is 11.8 Å². The van der Waals surface area contributed by atoms with E-state index in [-0.39, 0.29) is 17.3 Å². The molecule has 0 bridgehead atoms. The van der Waals surface area contributed by atoms with Crippen LogP contribution in [0.3, 0.4) is 0 Å². The molecular formula is C27H20FN3O3S. The van der Waals surface area contributed by atoms with E-state index in [1.54, 1.807) is 42.5 Å². The standard InChI is InChI=1S/C27H20FN3O3S/c28-20-12-10-18(11-13-20)15-30-16-19(22-8-4-5-9-23(22)30)14-24-26(33)31(27(34)35-24)17-25(32)29-21-6-2-1-3-7-21/h1-14,16H,15,17H2,(H,29,32)/b24-14-. The van der Waals surface area contributed by atoms with Gasteiger partial charge in [0.2, 0.25) is 5.91 Å². The van der Waals surface area contributed by atoms with Crippen molar-refractivity contribution in [3.8, 4) is 0 Å². The van der Waals surface area contributed by atoms with Gasteiger partial charge >= 0.3 is 0 Å². The highest BCUT2D eigenvalue weighted by molar-refractivity contribution is 8.18. The predicted octanol–water partition coefficient (Wildman–Crippen LogP) is 5.50. The van der Waals surface area contributed by atoms with Crippen LogP contribution < -0.4 is 5.32 Å². The van der Waals surface area contributed by atoms with Crippen LogP contribution in [0.1, 0.15) is 11.1 Å². The monoisotopic (exact) mass is 485 g/mol. The Balaban J connectivity index is 1.38. The number of nitrogens with one attached hydrogen (secondary N) is 1. The van der Waals surface area contributed by atoms with Gasteiger partial charge in [-0.2, -0.15) is 0 Å². The summed E-state index contributed by atoms with van der Waals surface area (Å²) in [4.78, 5) is 39.1. The van der Waals surface area contributed by atoms with Crippen LogP contribution in [0, 0.1) is 5.82 Å². The molecule has 1 aliphatic rings. The number of amides is 3. The maximum Gasteiger partial charge on any atom is 0.294 e. The summed E-state index contributed by atoms with van der Waals surface area (Å²) in [5.74, 6) is -1.24. The second-order valence-electron chi connectivity index (χ2n) is 8.04. The minimum Gasteiger partial charge on any atom is -0.342 e. The van der Waals surface area contributed by atoms with E-state index in [0.29, 0.717) is 12.2 Å². The minimum absolute atomic E-state index is 0.257. The van der Waals surface area contributed by atoms with Gasteiger partial charge in [0.15, 0.2) is 0 Å². The van der Waals surface area contributed by atoms with Crippen LogP contribution in [0.5, 0.6) is 0 Å². The first-order valence-corrected chi connectivity index (χ1v) is 11.7. The quantitative estimate of drug-likeness (QED) is 0.366. The molecule has 35 heavy (non-hydrogen) atoms. The van der Waals surface area contributed by atoms with Crippen molar-refractivity contribution in [2.75, 3.05) is 11.9 Å². The summed E-state index contributed by atoms with van der Waals surface area (Å²) in [6, 6.07) is 22.9. The molecule has 4 aromatic rings. The third-order valence-corrected chi connectivity index (χ3v) is 6.51. The van der Waals surface area contributed by atoms with Crippen molar-refractivity contribution in [1.82, 2.24) is 9.47 Å². The first-order chi connectivity index (χ1) is 17.0. The van der Waals surface area contributed by atoms with Crippen molar-refractivity contribution in [2.24, 2.45) is 0 Å². The Morgan fingerprint density at radius 3 is 2.43 bits per heavy atom. The van der Waals surface area contributed by atoms with E-state index in [4.69, 9.17) is 0 Å². The molecule has 5 rings (SSSR count). The Labute approximate surface area is 205 Å². The maximum absolute atomic E-state index is 13.3. The van der Waals surface area contributed by atoms with Crippen molar-refractivity contribution in [3.63, 3.8) is 0 Å². The Bertz CT molecular complexity index is 1460. The molecule has 6 nitrogen and oxygen atoms in total. The average molecular weight is 486 g/mol. The zero-order chi connectivity index (χ0) is 24.4. The van der Waals surface area contributed by atoms with Gasteiger partial charge in [-0.1, -0.05) is 48.5 Å². The third-order valence-electron chi connectivity index (χ3n) is 5.61. The van der Waals surface area contributed by atoms with Gasteiger partial charge in [-0.25, -0.2) is 4.39 Å². The molecule has 0 unspecified atom stereocenters. The molecule has 0 atom stereocenters. The van der Waals surface area contributed by atoms with E-state index in [2.05, 4.69) is 5.32 Å². The summed E-state index contributed by atoms with van der Waals surface area (Å²) in [5, 5.41) is 3.12. The van der Waals surface area contributed by atoms with Gasteiger partial charge in [0, 0.05) is 34.9 Å². The van der Waals surface area contributed by atoms with Gasteiger partial charge in [-0.15, -0.1) is 0 Å². The van der Waals surface area contributed by atoms with Crippen molar-refractivity contribution < 1.29 is 18.8 Å². The Morgan fingerprint density at radius 1 is 0.943 bits per heavy atom. The number of nitrogens with zero attached hydrogens (tertiary/aromatic N) is 2. The molecule has 1 saturated heterocycles. The first-order valence-electron chi connectivity index (χ1n) is 10.9. The smallest absolute Gasteiger partial charge is 0.294 e. The number of hydrogen-bond donors (Lipinski definition) is 1. The van der Waals surface area contributed by atoms with E-state index >= 15 is 0 Å². The minimum atomic E-state index is -0.501. The number of aromatic nitrogens is 1. The number of halogens is 1. The summed E-state index contributed by atoms with van der Waals surface area (Å²) in [5.41, 5.74) is 3.25. The predicted molar refractivity (Wildman–Crippen MR) is 135 cm³/mol. The fourth-order valence-electron chi connectivity index (χ4n) is 3.95. The van der Waals surface area contributed by atoms with Crippen LogP contribution in [-0.2, 0) is 16.1 Å². The van der Waals surface area contributed by atoms with Crippen LogP contribution in [0.25, 0.3) is 17.0 Å². The summed E-state index contributed by atoms with van der Waals surface area (Å²) < 4.78 is 15.3. The van der Waals surface area contributed by atoms with E-state index in [0.717, 1.165) is 38.7 Å². The van der Waals surface area contributed by atoms with Crippen LogP contribution in [0.2, 0.25) is 0 Å². The van der Waals surface area contributed by atoms with Crippen LogP contribution in [-0.4, -0.2) is 33.1 Å².